The predicted octanol–water partition coefficient (Wildman–Crippen LogP) is 2.51. The van der Waals surface area contributed by atoms with Gasteiger partial charge in [0.2, 0.25) is 0 Å². The van der Waals surface area contributed by atoms with E-state index in [0.29, 0.717) is 0 Å². The molecule has 0 saturated heterocycles. The monoisotopic (exact) mass is 320 g/mol. The van der Waals surface area contributed by atoms with Gasteiger partial charge in [0, 0.05) is 13.6 Å². The number of hydrogen-bond donors (Lipinski definition) is 1. The topological polar surface area (TPSA) is 75.2 Å². The molecule has 0 spiro atoms. The average Bonchev–Trinajstić information content (AvgIpc) is 2.54. The number of anilines is 2. The lowest BCUT2D eigenvalue weighted by Gasteiger charge is -2.17. The van der Waals surface area contributed by atoms with Crippen molar-refractivity contribution in [1.82, 2.24) is 10.2 Å². The fourth-order valence-electron chi connectivity index (χ4n) is 1.89. The van der Waals surface area contributed by atoms with Gasteiger partial charge in [-0.1, -0.05) is 31.5 Å². The Morgan fingerprint density at radius 3 is 2.41 bits per heavy atom. The molecule has 0 aliphatic carbocycles. The number of unbranched alkanes of at least 4 members (excludes halogenated alkanes) is 1. The van der Waals surface area contributed by atoms with Crippen LogP contribution in [-0.4, -0.2) is 32.2 Å². The van der Waals surface area contributed by atoms with Gasteiger partial charge >= 0.3 is 0 Å². The Morgan fingerprint density at radius 1 is 1.09 bits per heavy atom. The molecule has 0 fully saturated rings. The molecule has 0 unspecified atom stereocenters. The summed E-state index contributed by atoms with van der Waals surface area (Å²) in [6.07, 6.45) is 2.17. The van der Waals surface area contributed by atoms with E-state index in [2.05, 4.69) is 21.8 Å². The molecule has 0 bridgehead atoms. The maximum Gasteiger partial charge on any atom is 0.263 e. The summed E-state index contributed by atoms with van der Waals surface area (Å²) in [5.41, 5.74) is 0. The van der Waals surface area contributed by atoms with E-state index in [4.69, 9.17) is 0 Å². The van der Waals surface area contributed by atoms with E-state index in [-0.39, 0.29) is 10.7 Å². The quantitative estimate of drug-likeness (QED) is 0.848. The van der Waals surface area contributed by atoms with Gasteiger partial charge in [0.05, 0.1) is 4.90 Å². The fourth-order valence-corrected chi connectivity index (χ4v) is 2.91. The summed E-state index contributed by atoms with van der Waals surface area (Å²) >= 11 is 0. The van der Waals surface area contributed by atoms with Crippen LogP contribution >= 0.6 is 0 Å². The van der Waals surface area contributed by atoms with Gasteiger partial charge in [-0.25, -0.2) is 8.42 Å². The van der Waals surface area contributed by atoms with Crippen LogP contribution in [0.1, 0.15) is 19.8 Å². The van der Waals surface area contributed by atoms with E-state index >= 15 is 0 Å². The zero-order valence-corrected chi connectivity index (χ0v) is 13.5. The minimum atomic E-state index is -3.63. The van der Waals surface area contributed by atoms with Crippen molar-refractivity contribution in [2.75, 3.05) is 23.2 Å². The molecule has 2 aromatic rings. The lowest BCUT2D eigenvalue weighted by Crippen LogP contribution is -2.20. The molecule has 0 atom stereocenters. The molecule has 1 aromatic carbocycles. The first-order chi connectivity index (χ1) is 10.5. The fraction of sp³-hybridized carbons (Fsp3) is 0.333. The van der Waals surface area contributed by atoms with E-state index in [1.54, 1.807) is 30.3 Å². The Hall–Kier alpha value is -2.15. The molecule has 1 N–H and O–H groups in total. The Bertz CT molecular complexity index is 687. The number of hydrogen-bond acceptors (Lipinski definition) is 5. The Balaban J connectivity index is 2.08. The third-order valence-electron chi connectivity index (χ3n) is 3.18. The van der Waals surface area contributed by atoms with Gasteiger partial charge in [-0.15, -0.1) is 10.2 Å². The summed E-state index contributed by atoms with van der Waals surface area (Å²) in [4.78, 5) is 2.19. The maximum atomic E-state index is 12.2. The normalized spacial score (nSPS) is 11.2. The number of nitrogens with one attached hydrogen (secondary N) is 1. The number of aromatic nitrogens is 2. The van der Waals surface area contributed by atoms with Crippen LogP contribution in [0, 0.1) is 0 Å². The summed E-state index contributed by atoms with van der Waals surface area (Å²) in [6, 6.07) is 11.5. The van der Waals surface area contributed by atoms with Crippen molar-refractivity contribution in [2.45, 2.75) is 24.7 Å². The summed E-state index contributed by atoms with van der Waals surface area (Å²) in [5.74, 6) is 0.924. The van der Waals surface area contributed by atoms with Gasteiger partial charge in [0.25, 0.3) is 10.0 Å². The molecule has 0 radical (unpaired) electrons. The van der Waals surface area contributed by atoms with Crippen molar-refractivity contribution in [3.8, 4) is 0 Å². The molecule has 2 rings (SSSR count). The van der Waals surface area contributed by atoms with Gasteiger partial charge in [0.1, 0.15) is 0 Å². The molecule has 7 heteroatoms. The summed E-state index contributed by atoms with van der Waals surface area (Å²) in [6.45, 7) is 3.02. The molecule has 1 aromatic heterocycles. The third-order valence-corrected chi connectivity index (χ3v) is 4.55. The second-order valence-electron chi connectivity index (χ2n) is 4.97. The van der Waals surface area contributed by atoms with Gasteiger partial charge in [-0.05, 0) is 30.7 Å². The van der Waals surface area contributed by atoms with Crippen LogP contribution in [-0.2, 0) is 10.0 Å². The van der Waals surface area contributed by atoms with Crippen molar-refractivity contribution in [1.29, 1.82) is 0 Å². The minimum absolute atomic E-state index is 0.195. The Labute approximate surface area is 131 Å². The van der Waals surface area contributed by atoms with E-state index < -0.39 is 10.0 Å². The summed E-state index contributed by atoms with van der Waals surface area (Å²) in [5, 5.41) is 7.99. The molecular formula is C15H20N4O2S. The molecule has 0 amide bonds. The standard InChI is InChI=1S/C15H20N4O2S/c1-3-4-12-19(2)15-11-10-14(16-17-15)18-22(20,21)13-8-6-5-7-9-13/h5-11H,3-4,12H2,1-2H3,(H,16,18). The first-order valence-electron chi connectivity index (χ1n) is 7.15. The SMILES string of the molecule is CCCCN(C)c1ccc(NS(=O)(=O)c2ccccc2)nn1. The number of sulfonamides is 1. The molecule has 6 nitrogen and oxygen atoms in total. The van der Waals surface area contributed by atoms with Crippen molar-refractivity contribution < 1.29 is 8.42 Å². The molecule has 0 saturated carbocycles. The van der Waals surface area contributed by atoms with Gasteiger partial charge in [-0.2, -0.15) is 0 Å². The third kappa shape index (κ3) is 4.17. The lowest BCUT2D eigenvalue weighted by atomic mass is 10.3. The zero-order valence-electron chi connectivity index (χ0n) is 12.7. The van der Waals surface area contributed by atoms with Gasteiger partial charge in [-0.3, -0.25) is 4.72 Å². The zero-order chi connectivity index (χ0) is 16.0. The van der Waals surface area contributed by atoms with Crippen molar-refractivity contribution >= 4 is 21.7 Å². The first-order valence-corrected chi connectivity index (χ1v) is 8.64. The lowest BCUT2D eigenvalue weighted by molar-refractivity contribution is 0.601. The molecule has 118 valence electrons. The second-order valence-corrected chi connectivity index (χ2v) is 6.65. The van der Waals surface area contributed by atoms with Gasteiger partial charge < -0.3 is 4.90 Å². The van der Waals surface area contributed by atoms with Crippen LogP contribution in [0.15, 0.2) is 47.4 Å². The molecule has 0 aliphatic heterocycles. The van der Waals surface area contributed by atoms with Gasteiger partial charge in [0.15, 0.2) is 11.6 Å². The molecule has 0 aliphatic rings. The number of nitrogens with zero attached hydrogens (tertiary/aromatic N) is 3. The van der Waals surface area contributed by atoms with Crippen LogP contribution in [0.5, 0.6) is 0 Å². The van der Waals surface area contributed by atoms with Crippen LogP contribution in [0.3, 0.4) is 0 Å². The average molecular weight is 320 g/mol. The smallest absolute Gasteiger partial charge is 0.263 e. The minimum Gasteiger partial charge on any atom is -0.358 e. The Kier molecular flexibility index (Phi) is 5.32. The highest BCUT2D eigenvalue weighted by molar-refractivity contribution is 7.92. The highest BCUT2D eigenvalue weighted by Crippen LogP contribution is 2.15. The van der Waals surface area contributed by atoms with Crippen LogP contribution < -0.4 is 9.62 Å². The highest BCUT2D eigenvalue weighted by Gasteiger charge is 2.14. The predicted molar refractivity (Wildman–Crippen MR) is 87.5 cm³/mol. The second kappa shape index (κ2) is 7.22. The van der Waals surface area contributed by atoms with Crippen LogP contribution in [0.4, 0.5) is 11.6 Å². The number of benzene rings is 1. The summed E-state index contributed by atoms with van der Waals surface area (Å²) in [7, 11) is -1.69. The summed E-state index contributed by atoms with van der Waals surface area (Å²) < 4.78 is 26.8. The highest BCUT2D eigenvalue weighted by atomic mass is 32.2. The van der Waals surface area contributed by atoms with E-state index in [0.717, 1.165) is 25.2 Å². The molecule has 22 heavy (non-hydrogen) atoms. The largest absolute Gasteiger partial charge is 0.358 e. The van der Waals surface area contributed by atoms with E-state index in [1.165, 1.54) is 12.1 Å². The van der Waals surface area contributed by atoms with Crippen LogP contribution in [0.2, 0.25) is 0 Å². The molecular weight excluding hydrogens is 300 g/mol. The number of rotatable bonds is 7. The van der Waals surface area contributed by atoms with E-state index in [1.807, 2.05) is 11.9 Å². The maximum absolute atomic E-state index is 12.2. The van der Waals surface area contributed by atoms with Crippen LogP contribution in [0.25, 0.3) is 0 Å². The van der Waals surface area contributed by atoms with Crippen molar-refractivity contribution in [3.63, 3.8) is 0 Å². The first kappa shape index (κ1) is 16.2. The van der Waals surface area contributed by atoms with Crippen molar-refractivity contribution in [3.05, 3.63) is 42.5 Å². The molecule has 1 heterocycles. The Morgan fingerprint density at radius 2 is 1.82 bits per heavy atom. The van der Waals surface area contributed by atoms with Crippen molar-refractivity contribution in [2.24, 2.45) is 0 Å². The van der Waals surface area contributed by atoms with E-state index in [9.17, 15) is 8.42 Å².